The van der Waals surface area contributed by atoms with Gasteiger partial charge >= 0.3 is 0 Å². The summed E-state index contributed by atoms with van der Waals surface area (Å²) in [6.45, 7) is -0.0372. The van der Waals surface area contributed by atoms with Crippen molar-refractivity contribution in [3.8, 4) is 40.1 Å². The number of hydrogen-bond acceptors (Lipinski definition) is 10. The molecule has 0 radical (unpaired) electrons. The molecule has 2 N–H and O–H groups in total. The van der Waals surface area contributed by atoms with Gasteiger partial charge in [0.1, 0.15) is 16.8 Å². The molecule has 0 bridgehead atoms. The van der Waals surface area contributed by atoms with Crippen molar-refractivity contribution in [1.29, 1.82) is 0 Å². The maximum Gasteiger partial charge on any atom is 0.261 e. The first-order valence-electron chi connectivity index (χ1n) is 12.2. The number of fused-ring (bicyclic) bond motifs is 1. The second-order valence-corrected chi connectivity index (χ2v) is 8.57. The van der Waals surface area contributed by atoms with E-state index in [9.17, 15) is 9.90 Å². The SMILES string of the molecule is COCc1ncc(-c2ccccn2)c(O)c1C(=O)Nc1ccc(Oc2ccnc3cc(OC)c(OC)nc23)c(F)c1. The number of carbonyl (C=O) groups is 1. The molecule has 0 atom stereocenters. The fourth-order valence-corrected chi connectivity index (χ4v) is 4.09. The molecule has 0 fully saturated rings. The topological polar surface area (TPSA) is 138 Å². The fraction of sp³-hybridized carbons (Fsp3) is 0.138. The number of carbonyl (C=O) groups excluding carboxylic acids is 1. The van der Waals surface area contributed by atoms with E-state index < -0.39 is 11.7 Å². The van der Waals surface area contributed by atoms with Crippen LogP contribution in [-0.4, -0.2) is 52.3 Å². The van der Waals surface area contributed by atoms with Crippen molar-refractivity contribution in [3.05, 3.63) is 84.2 Å². The quantitative estimate of drug-likeness (QED) is 0.251. The number of rotatable bonds is 9. The number of ether oxygens (including phenoxy) is 4. The van der Waals surface area contributed by atoms with Gasteiger partial charge in [0.15, 0.2) is 23.1 Å². The van der Waals surface area contributed by atoms with E-state index in [1.165, 1.54) is 51.9 Å². The molecule has 12 heteroatoms. The number of amides is 1. The standard InChI is InChI=1S/C29H24FN5O6/c1-38-15-21-25(27(36)17(14-33-21)19-6-4-5-10-31-19)28(37)34-16-7-8-22(18(30)12-16)41-23-9-11-32-20-13-24(39-2)29(40-3)35-26(20)23/h4-14H,15H2,1-3H3,(H,33,36)(H,34,37). The highest BCUT2D eigenvalue weighted by Gasteiger charge is 2.23. The summed E-state index contributed by atoms with van der Waals surface area (Å²) in [6.07, 6.45) is 4.47. The number of nitrogens with zero attached hydrogens (tertiary/aromatic N) is 4. The highest BCUT2D eigenvalue weighted by atomic mass is 19.1. The zero-order valence-electron chi connectivity index (χ0n) is 22.2. The maximum atomic E-state index is 15.2. The van der Waals surface area contributed by atoms with Gasteiger partial charge in [-0.15, -0.1) is 0 Å². The van der Waals surface area contributed by atoms with Gasteiger partial charge in [0, 0.05) is 49.6 Å². The summed E-state index contributed by atoms with van der Waals surface area (Å²) in [6, 6.07) is 12.2. The largest absolute Gasteiger partial charge is 0.506 e. The summed E-state index contributed by atoms with van der Waals surface area (Å²) in [5.74, 6) is -1.07. The lowest BCUT2D eigenvalue weighted by atomic mass is 10.0. The minimum Gasteiger partial charge on any atom is -0.506 e. The molecule has 1 aromatic carbocycles. The number of aromatic hydroxyl groups is 1. The van der Waals surface area contributed by atoms with Crippen LogP contribution in [0.4, 0.5) is 10.1 Å². The third kappa shape index (κ3) is 5.54. The number of halogens is 1. The molecule has 4 aromatic heterocycles. The molecular weight excluding hydrogens is 533 g/mol. The third-order valence-corrected chi connectivity index (χ3v) is 6.01. The number of benzene rings is 1. The Kier molecular flexibility index (Phi) is 7.83. The lowest BCUT2D eigenvalue weighted by Gasteiger charge is -2.14. The zero-order valence-corrected chi connectivity index (χ0v) is 22.2. The van der Waals surface area contributed by atoms with Crippen LogP contribution >= 0.6 is 0 Å². The fourth-order valence-electron chi connectivity index (χ4n) is 4.09. The van der Waals surface area contributed by atoms with Crippen molar-refractivity contribution >= 4 is 22.6 Å². The normalized spacial score (nSPS) is 10.8. The summed E-state index contributed by atoms with van der Waals surface area (Å²) < 4.78 is 36.7. The van der Waals surface area contributed by atoms with E-state index in [0.717, 1.165) is 6.07 Å². The van der Waals surface area contributed by atoms with Crippen molar-refractivity contribution in [2.24, 2.45) is 0 Å². The minimum atomic E-state index is -0.755. The summed E-state index contributed by atoms with van der Waals surface area (Å²) in [4.78, 5) is 30.4. The van der Waals surface area contributed by atoms with Crippen LogP contribution in [0.3, 0.4) is 0 Å². The van der Waals surface area contributed by atoms with Gasteiger partial charge < -0.3 is 29.4 Å². The number of nitrogens with one attached hydrogen (secondary N) is 1. The molecule has 41 heavy (non-hydrogen) atoms. The van der Waals surface area contributed by atoms with Gasteiger partial charge in [0.2, 0.25) is 0 Å². The van der Waals surface area contributed by atoms with Gasteiger partial charge in [-0.3, -0.25) is 19.7 Å². The van der Waals surface area contributed by atoms with Crippen LogP contribution in [0.2, 0.25) is 0 Å². The second kappa shape index (κ2) is 11.8. The first-order chi connectivity index (χ1) is 19.9. The van der Waals surface area contributed by atoms with Gasteiger partial charge in [0.25, 0.3) is 11.8 Å². The number of methoxy groups -OCH3 is 3. The molecule has 208 valence electrons. The van der Waals surface area contributed by atoms with Crippen LogP contribution in [0.1, 0.15) is 16.1 Å². The van der Waals surface area contributed by atoms with Crippen LogP contribution in [0.5, 0.6) is 28.9 Å². The Bertz CT molecular complexity index is 1740. The van der Waals surface area contributed by atoms with Crippen LogP contribution in [0.25, 0.3) is 22.3 Å². The smallest absolute Gasteiger partial charge is 0.261 e. The average molecular weight is 558 g/mol. The van der Waals surface area contributed by atoms with E-state index >= 15 is 4.39 Å². The zero-order chi connectivity index (χ0) is 28.9. The molecule has 5 aromatic rings. The van der Waals surface area contributed by atoms with Crippen LogP contribution in [0, 0.1) is 5.82 Å². The van der Waals surface area contributed by atoms with Crippen LogP contribution in [0.15, 0.2) is 67.1 Å². The van der Waals surface area contributed by atoms with Crippen molar-refractivity contribution in [2.75, 3.05) is 26.6 Å². The van der Waals surface area contributed by atoms with Gasteiger partial charge in [-0.2, -0.15) is 0 Å². The second-order valence-electron chi connectivity index (χ2n) is 8.57. The number of pyridine rings is 4. The predicted octanol–water partition coefficient (Wildman–Crippen LogP) is 5.14. The molecule has 4 heterocycles. The Balaban J connectivity index is 1.42. The lowest BCUT2D eigenvalue weighted by molar-refractivity contribution is 0.101. The summed E-state index contributed by atoms with van der Waals surface area (Å²) in [5.41, 5.74) is 1.69. The van der Waals surface area contributed by atoms with E-state index in [2.05, 4.69) is 25.3 Å². The molecule has 11 nitrogen and oxygen atoms in total. The minimum absolute atomic E-state index is 0.0372. The van der Waals surface area contributed by atoms with E-state index in [1.807, 2.05) is 0 Å². The first kappa shape index (κ1) is 27.2. The van der Waals surface area contributed by atoms with E-state index in [4.69, 9.17) is 18.9 Å². The number of aromatic nitrogens is 4. The Labute approximate surface area is 233 Å². The Morgan fingerprint density at radius 2 is 1.80 bits per heavy atom. The van der Waals surface area contributed by atoms with Crippen molar-refractivity contribution < 1.29 is 33.2 Å². The number of anilines is 1. The molecule has 0 saturated heterocycles. The van der Waals surface area contributed by atoms with Crippen molar-refractivity contribution in [3.63, 3.8) is 0 Å². The van der Waals surface area contributed by atoms with Gasteiger partial charge in [-0.05, 0) is 24.3 Å². The summed E-state index contributed by atoms with van der Waals surface area (Å²) in [7, 11) is 4.37. The predicted molar refractivity (Wildman–Crippen MR) is 147 cm³/mol. The molecule has 0 aliphatic heterocycles. The number of hydrogen-bond donors (Lipinski definition) is 2. The molecule has 0 unspecified atom stereocenters. The molecule has 0 aliphatic carbocycles. The van der Waals surface area contributed by atoms with E-state index in [1.54, 1.807) is 30.5 Å². The van der Waals surface area contributed by atoms with Crippen LogP contribution in [-0.2, 0) is 11.3 Å². The lowest BCUT2D eigenvalue weighted by Crippen LogP contribution is -2.16. The molecule has 1 amide bonds. The molecule has 0 saturated carbocycles. The monoisotopic (exact) mass is 557 g/mol. The summed E-state index contributed by atoms with van der Waals surface area (Å²) in [5, 5.41) is 13.6. The summed E-state index contributed by atoms with van der Waals surface area (Å²) >= 11 is 0. The molecular formula is C29H24FN5O6. The maximum absolute atomic E-state index is 15.2. The highest BCUT2D eigenvalue weighted by Crippen LogP contribution is 2.36. The Hall–Kier alpha value is -5.36. The third-order valence-electron chi connectivity index (χ3n) is 6.01. The van der Waals surface area contributed by atoms with Crippen molar-refractivity contribution in [1.82, 2.24) is 19.9 Å². The van der Waals surface area contributed by atoms with Gasteiger partial charge in [-0.1, -0.05) is 6.07 Å². The van der Waals surface area contributed by atoms with Gasteiger partial charge in [-0.25, -0.2) is 9.37 Å². The average Bonchev–Trinajstić information content (AvgIpc) is 2.98. The highest BCUT2D eigenvalue weighted by molar-refractivity contribution is 6.08. The van der Waals surface area contributed by atoms with Crippen LogP contribution < -0.4 is 19.5 Å². The van der Waals surface area contributed by atoms with E-state index in [-0.39, 0.29) is 52.2 Å². The Morgan fingerprint density at radius 3 is 2.51 bits per heavy atom. The Morgan fingerprint density at radius 1 is 0.951 bits per heavy atom. The molecule has 0 aliphatic rings. The molecule has 5 rings (SSSR count). The van der Waals surface area contributed by atoms with Gasteiger partial charge in [0.05, 0.1) is 43.3 Å². The first-order valence-corrected chi connectivity index (χ1v) is 12.2. The van der Waals surface area contributed by atoms with E-state index in [0.29, 0.717) is 22.5 Å². The van der Waals surface area contributed by atoms with Crippen molar-refractivity contribution in [2.45, 2.75) is 6.61 Å². The molecule has 0 spiro atoms.